The van der Waals surface area contributed by atoms with Crippen molar-refractivity contribution in [2.75, 3.05) is 40.4 Å². The molecule has 1 saturated carbocycles. The van der Waals surface area contributed by atoms with Crippen LogP contribution in [0.15, 0.2) is 0 Å². The van der Waals surface area contributed by atoms with Crippen LogP contribution >= 0.6 is 0 Å². The summed E-state index contributed by atoms with van der Waals surface area (Å²) < 4.78 is 11.5. The van der Waals surface area contributed by atoms with Crippen molar-refractivity contribution < 1.29 is 9.47 Å². The van der Waals surface area contributed by atoms with Crippen molar-refractivity contribution in [2.24, 2.45) is 0 Å². The maximum Gasteiger partial charge on any atom is 0.168 e. The average Bonchev–Trinajstić information content (AvgIpc) is 2.79. The minimum absolute atomic E-state index is 0.206. The molecular formula is C13H26N2O2. The first-order chi connectivity index (χ1) is 8.26. The Labute approximate surface area is 105 Å². The molecule has 1 aliphatic carbocycles. The molecule has 2 rings (SSSR count). The van der Waals surface area contributed by atoms with Gasteiger partial charge in [0.25, 0.3) is 0 Å². The topological polar surface area (TPSA) is 33.7 Å². The van der Waals surface area contributed by atoms with Crippen molar-refractivity contribution in [3.8, 4) is 0 Å². The molecule has 0 aromatic heterocycles. The van der Waals surface area contributed by atoms with Crippen LogP contribution in [0.1, 0.15) is 32.1 Å². The highest BCUT2D eigenvalue weighted by atomic mass is 16.7. The molecule has 0 radical (unpaired) electrons. The number of nitrogens with one attached hydrogen (secondary N) is 1. The van der Waals surface area contributed by atoms with Crippen molar-refractivity contribution in [1.82, 2.24) is 10.2 Å². The predicted molar refractivity (Wildman–Crippen MR) is 68.1 cm³/mol. The number of nitrogens with zero attached hydrogens (tertiary/aromatic N) is 1. The molecule has 0 atom stereocenters. The zero-order chi connectivity index (χ0) is 12.1. The lowest BCUT2D eigenvalue weighted by Crippen LogP contribution is -2.43. The van der Waals surface area contributed by atoms with Crippen molar-refractivity contribution >= 4 is 0 Å². The minimum Gasteiger partial charge on any atom is -0.348 e. The highest BCUT2D eigenvalue weighted by Crippen LogP contribution is 2.36. The van der Waals surface area contributed by atoms with Crippen LogP contribution in [0, 0.1) is 0 Å². The quantitative estimate of drug-likeness (QED) is 0.735. The van der Waals surface area contributed by atoms with E-state index in [1.165, 1.54) is 25.8 Å². The summed E-state index contributed by atoms with van der Waals surface area (Å²) in [6.45, 7) is 3.85. The van der Waals surface area contributed by atoms with E-state index < -0.39 is 0 Å². The van der Waals surface area contributed by atoms with Gasteiger partial charge in [0.1, 0.15) is 0 Å². The first-order valence-corrected chi connectivity index (χ1v) is 6.88. The standard InChI is InChI=1S/C13H26N2O2/c1-14-8-3-9-15(2)12-4-6-13(7-5-12)16-10-11-17-13/h12,14H,3-11H2,1-2H3. The molecule has 0 unspecified atom stereocenters. The van der Waals surface area contributed by atoms with Gasteiger partial charge >= 0.3 is 0 Å². The van der Waals surface area contributed by atoms with Gasteiger partial charge < -0.3 is 19.7 Å². The van der Waals surface area contributed by atoms with E-state index in [-0.39, 0.29) is 5.79 Å². The van der Waals surface area contributed by atoms with Gasteiger partial charge in [0.15, 0.2) is 5.79 Å². The summed E-state index contributed by atoms with van der Waals surface area (Å²) in [5.74, 6) is -0.206. The molecule has 1 heterocycles. The van der Waals surface area contributed by atoms with Crippen molar-refractivity contribution in [1.29, 1.82) is 0 Å². The number of rotatable bonds is 5. The van der Waals surface area contributed by atoms with Crippen molar-refractivity contribution in [3.05, 3.63) is 0 Å². The first-order valence-electron chi connectivity index (χ1n) is 6.88. The molecule has 0 bridgehead atoms. The molecule has 100 valence electrons. The SMILES string of the molecule is CNCCCN(C)C1CCC2(CC1)OCCO2. The molecule has 1 saturated heterocycles. The van der Waals surface area contributed by atoms with E-state index in [0.29, 0.717) is 6.04 Å². The molecule has 0 aromatic carbocycles. The fourth-order valence-corrected chi connectivity index (χ4v) is 2.96. The van der Waals surface area contributed by atoms with E-state index in [4.69, 9.17) is 9.47 Å². The van der Waals surface area contributed by atoms with Gasteiger partial charge in [0, 0.05) is 18.9 Å². The Kier molecular flexibility index (Phi) is 4.79. The lowest BCUT2D eigenvalue weighted by molar-refractivity contribution is -0.183. The normalized spacial score (nSPS) is 24.9. The third-order valence-electron chi connectivity index (χ3n) is 4.09. The second kappa shape index (κ2) is 6.14. The van der Waals surface area contributed by atoms with Crippen LogP contribution < -0.4 is 5.32 Å². The Morgan fingerprint density at radius 1 is 1.24 bits per heavy atom. The molecule has 1 spiro atoms. The Morgan fingerprint density at radius 2 is 1.88 bits per heavy atom. The van der Waals surface area contributed by atoms with E-state index >= 15 is 0 Å². The van der Waals surface area contributed by atoms with Crippen LogP contribution in [0.4, 0.5) is 0 Å². The van der Waals surface area contributed by atoms with Crippen LogP contribution in [-0.4, -0.2) is 57.1 Å². The summed E-state index contributed by atoms with van der Waals surface area (Å²) in [5.41, 5.74) is 0. The van der Waals surface area contributed by atoms with Crippen LogP contribution in [0.5, 0.6) is 0 Å². The zero-order valence-corrected chi connectivity index (χ0v) is 11.2. The molecule has 1 aliphatic heterocycles. The molecule has 0 amide bonds. The molecule has 4 heteroatoms. The maximum atomic E-state index is 5.76. The van der Waals surface area contributed by atoms with Gasteiger partial charge in [-0.05, 0) is 46.4 Å². The lowest BCUT2D eigenvalue weighted by Gasteiger charge is -2.39. The predicted octanol–water partition coefficient (Wildman–Crippen LogP) is 1.21. The number of hydrogen-bond donors (Lipinski definition) is 1. The summed E-state index contributed by atoms with van der Waals surface area (Å²) in [4.78, 5) is 2.50. The zero-order valence-electron chi connectivity index (χ0n) is 11.2. The Bertz CT molecular complexity index is 219. The average molecular weight is 242 g/mol. The van der Waals surface area contributed by atoms with Gasteiger partial charge in [0.2, 0.25) is 0 Å². The van der Waals surface area contributed by atoms with Gasteiger partial charge in [-0.25, -0.2) is 0 Å². The van der Waals surface area contributed by atoms with Gasteiger partial charge in [0.05, 0.1) is 13.2 Å². The molecule has 1 N–H and O–H groups in total. The monoisotopic (exact) mass is 242 g/mol. The number of hydrogen-bond acceptors (Lipinski definition) is 4. The summed E-state index contributed by atoms with van der Waals surface area (Å²) in [5, 5.41) is 3.20. The highest BCUT2D eigenvalue weighted by Gasteiger charge is 2.40. The molecule has 4 nitrogen and oxygen atoms in total. The van der Waals surface area contributed by atoms with E-state index in [2.05, 4.69) is 17.3 Å². The van der Waals surface area contributed by atoms with Crippen LogP contribution in [0.25, 0.3) is 0 Å². The number of ether oxygens (including phenoxy) is 2. The first kappa shape index (κ1) is 13.3. The van der Waals surface area contributed by atoms with Crippen LogP contribution in [0.3, 0.4) is 0 Å². The molecular weight excluding hydrogens is 216 g/mol. The van der Waals surface area contributed by atoms with E-state index in [1.807, 2.05) is 7.05 Å². The van der Waals surface area contributed by atoms with E-state index in [1.54, 1.807) is 0 Å². The second-order valence-electron chi connectivity index (χ2n) is 5.28. The third kappa shape index (κ3) is 3.41. The molecule has 2 aliphatic rings. The van der Waals surface area contributed by atoms with E-state index in [9.17, 15) is 0 Å². The van der Waals surface area contributed by atoms with Crippen molar-refractivity contribution in [3.63, 3.8) is 0 Å². The van der Waals surface area contributed by atoms with Gasteiger partial charge in [-0.1, -0.05) is 0 Å². The van der Waals surface area contributed by atoms with Crippen LogP contribution in [0.2, 0.25) is 0 Å². The van der Waals surface area contributed by atoms with Crippen LogP contribution in [-0.2, 0) is 9.47 Å². The smallest absolute Gasteiger partial charge is 0.168 e. The highest BCUT2D eigenvalue weighted by molar-refractivity contribution is 4.85. The Balaban J connectivity index is 1.70. The second-order valence-corrected chi connectivity index (χ2v) is 5.28. The Hall–Kier alpha value is -0.160. The minimum atomic E-state index is -0.206. The van der Waals surface area contributed by atoms with Gasteiger partial charge in [-0.2, -0.15) is 0 Å². The summed E-state index contributed by atoms with van der Waals surface area (Å²) >= 11 is 0. The third-order valence-corrected chi connectivity index (χ3v) is 4.09. The maximum absolute atomic E-state index is 5.76. The largest absolute Gasteiger partial charge is 0.348 e. The fourth-order valence-electron chi connectivity index (χ4n) is 2.96. The van der Waals surface area contributed by atoms with Crippen molar-refractivity contribution in [2.45, 2.75) is 43.9 Å². The fraction of sp³-hybridized carbons (Fsp3) is 1.00. The molecule has 2 fully saturated rings. The molecule has 17 heavy (non-hydrogen) atoms. The van der Waals surface area contributed by atoms with E-state index in [0.717, 1.165) is 32.6 Å². The summed E-state index contributed by atoms with van der Waals surface area (Å²) in [6.07, 6.45) is 5.76. The lowest BCUT2D eigenvalue weighted by atomic mass is 9.89. The van der Waals surface area contributed by atoms with Gasteiger partial charge in [-0.3, -0.25) is 0 Å². The molecule has 0 aromatic rings. The summed E-state index contributed by atoms with van der Waals surface area (Å²) in [7, 11) is 4.26. The Morgan fingerprint density at radius 3 is 2.47 bits per heavy atom. The summed E-state index contributed by atoms with van der Waals surface area (Å²) in [6, 6.07) is 0.713. The van der Waals surface area contributed by atoms with Gasteiger partial charge in [-0.15, -0.1) is 0 Å².